The van der Waals surface area contributed by atoms with Gasteiger partial charge in [0.25, 0.3) is 0 Å². The normalized spacial score (nSPS) is 15.7. The number of halogens is 5. The van der Waals surface area contributed by atoms with Gasteiger partial charge in [-0.05, 0) is 54.8 Å². The number of hydrogen-bond acceptors (Lipinski definition) is 6. The minimum atomic E-state index is -3.83. The molecule has 2 aromatic carbocycles. The second-order valence-electron chi connectivity index (χ2n) is 7.99. The standard InChI is InChI=1S/C24H22ClF4N5O/c1-2-35-23(14-34-15-31-32-33-34,20-9-8-19(26)12-21(20)27)24(28,29)22-10-5-17(13-30-22)11-16-3-6-18(25)7-4-16/h3-10,12-13H,2,11,14-15H2,1H3,(H,31,33). The van der Waals surface area contributed by atoms with Crippen LogP contribution in [0.4, 0.5) is 17.6 Å². The Kier molecular flexibility index (Phi) is 7.34. The third-order valence-electron chi connectivity index (χ3n) is 5.64. The molecule has 0 saturated heterocycles. The lowest BCUT2D eigenvalue weighted by Gasteiger charge is -2.41. The third-order valence-corrected chi connectivity index (χ3v) is 5.89. The van der Waals surface area contributed by atoms with Crippen molar-refractivity contribution in [2.24, 2.45) is 10.3 Å². The number of hydrogen-bond donors (Lipinski definition) is 1. The van der Waals surface area contributed by atoms with Gasteiger partial charge in [-0.3, -0.25) is 4.98 Å². The first-order valence-corrected chi connectivity index (χ1v) is 11.2. The zero-order chi connectivity index (χ0) is 25.1. The molecule has 0 aliphatic carbocycles. The van der Waals surface area contributed by atoms with Crippen LogP contribution in [0, 0.1) is 11.6 Å². The van der Waals surface area contributed by atoms with Crippen molar-refractivity contribution in [3.8, 4) is 0 Å². The molecule has 1 atom stereocenters. The molecule has 0 amide bonds. The summed E-state index contributed by atoms with van der Waals surface area (Å²) in [5.41, 5.74) is 0.419. The van der Waals surface area contributed by atoms with Gasteiger partial charge in [-0.15, -0.1) is 0 Å². The fraction of sp³-hybridized carbons (Fsp3) is 0.292. The number of aromatic nitrogens is 1. The topological polar surface area (TPSA) is 62.1 Å². The molecule has 1 aromatic heterocycles. The number of hydrazine groups is 1. The predicted octanol–water partition coefficient (Wildman–Crippen LogP) is 5.77. The summed E-state index contributed by atoms with van der Waals surface area (Å²) in [4.78, 5) is 4.02. The van der Waals surface area contributed by atoms with Crippen molar-refractivity contribution in [2.75, 3.05) is 19.8 Å². The highest BCUT2D eigenvalue weighted by atomic mass is 35.5. The van der Waals surface area contributed by atoms with Gasteiger partial charge in [0.05, 0.1) is 6.54 Å². The van der Waals surface area contributed by atoms with Crippen LogP contribution >= 0.6 is 11.6 Å². The first-order valence-electron chi connectivity index (χ1n) is 10.8. The molecule has 6 nitrogen and oxygen atoms in total. The summed E-state index contributed by atoms with van der Waals surface area (Å²) < 4.78 is 66.8. The van der Waals surface area contributed by atoms with Crippen LogP contribution in [-0.2, 0) is 22.7 Å². The van der Waals surface area contributed by atoms with E-state index in [0.29, 0.717) is 23.1 Å². The molecule has 11 heteroatoms. The van der Waals surface area contributed by atoms with Crippen LogP contribution in [0.5, 0.6) is 0 Å². The van der Waals surface area contributed by atoms with E-state index in [4.69, 9.17) is 16.3 Å². The summed E-state index contributed by atoms with van der Waals surface area (Å²) in [6.07, 6.45) is 1.80. The molecule has 35 heavy (non-hydrogen) atoms. The van der Waals surface area contributed by atoms with Crippen molar-refractivity contribution in [1.82, 2.24) is 15.5 Å². The molecule has 1 unspecified atom stereocenters. The Labute approximate surface area is 204 Å². The van der Waals surface area contributed by atoms with Gasteiger partial charge < -0.3 is 4.74 Å². The largest absolute Gasteiger partial charge is 0.362 e. The lowest BCUT2D eigenvalue weighted by atomic mass is 9.83. The van der Waals surface area contributed by atoms with Crippen LogP contribution in [0.3, 0.4) is 0 Å². The quantitative estimate of drug-likeness (QED) is 0.373. The summed E-state index contributed by atoms with van der Waals surface area (Å²) in [7, 11) is 0. The molecule has 0 fully saturated rings. The zero-order valence-corrected chi connectivity index (χ0v) is 19.4. The fourth-order valence-electron chi connectivity index (χ4n) is 3.98. The zero-order valence-electron chi connectivity index (χ0n) is 18.7. The average Bonchev–Trinajstić information content (AvgIpc) is 3.33. The Morgan fingerprint density at radius 1 is 1.06 bits per heavy atom. The molecular formula is C24H22ClF4N5O. The summed E-state index contributed by atoms with van der Waals surface area (Å²) in [6, 6.07) is 12.3. The predicted molar refractivity (Wildman–Crippen MR) is 122 cm³/mol. The van der Waals surface area contributed by atoms with E-state index in [2.05, 4.69) is 20.9 Å². The van der Waals surface area contributed by atoms with E-state index >= 15 is 8.78 Å². The average molecular weight is 508 g/mol. The lowest BCUT2D eigenvalue weighted by Crippen LogP contribution is -2.55. The summed E-state index contributed by atoms with van der Waals surface area (Å²) in [6.45, 7) is 0.739. The van der Waals surface area contributed by atoms with Crippen molar-refractivity contribution >= 4 is 11.6 Å². The maximum atomic E-state index is 16.3. The van der Waals surface area contributed by atoms with Gasteiger partial charge in [-0.25, -0.2) is 14.3 Å². The Morgan fingerprint density at radius 2 is 1.80 bits per heavy atom. The molecule has 0 saturated carbocycles. The van der Waals surface area contributed by atoms with Crippen molar-refractivity contribution < 1.29 is 22.3 Å². The van der Waals surface area contributed by atoms with E-state index in [1.807, 2.05) is 12.1 Å². The van der Waals surface area contributed by atoms with Crippen molar-refractivity contribution in [1.29, 1.82) is 0 Å². The molecule has 1 aliphatic heterocycles. The third kappa shape index (κ3) is 5.14. The van der Waals surface area contributed by atoms with Crippen LogP contribution in [0.1, 0.15) is 29.3 Å². The first kappa shape index (κ1) is 25.0. The van der Waals surface area contributed by atoms with Gasteiger partial charge in [0, 0.05) is 29.5 Å². The van der Waals surface area contributed by atoms with E-state index in [1.54, 1.807) is 12.1 Å². The second-order valence-corrected chi connectivity index (χ2v) is 8.43. The number of pyridine rings is 1. The van der Waals surface area contributed by atoms with Crippen LogP contribution in [0.25, 0.3) is 0 Å². The van der Waals surface area contributed by atoms with E-state index in [9.17, 15) is 8.78 Å². The molecular weight excluding hydrogens is 486 g/mol. The van der Waals surface area contributed by atoms with E-state index in [-0.39, 0.29) is 13.3 Å². The molecule has 1 N–H and O–H groups in total. The molecule has 1 aliphatic rings. The Balaban J connectivity index is 1.73. The maximum Gasteiger partial charge on any atom is 0.323 e. The highest BCUT2D eigenvalue weighted by molar-refractivity contribution is 6.30. The number of nitrogens with zero attached hydrogens (tertiary/aromatic N) is 4. The van der Waals surface area contributed by atoms with Gasteiger partial charge in [0.1, 0.15) is 24.0 Å². The highest BCUT2D eigenvalue weighted by Gasteiger charge is 2.60. The summed E-state index contributed by atoms with van der Waals surface area (Å²) in [5.74, 6) is -5.88. The van der Waals surface area contributed by atoms with Crippen LogP contribution in [0.2, 0.25) is 5.02 Å². The Bertz CT molecular complexity index is 1190. The molecule has 0 spiro atoms. The fourth-order valence-corrected chi connectivity index (χ4v) is 4.11. The summed E-state index contributed by atoms with van der Waals surface area (Å²) >= 11 is 5.91. The summed E-state index contributed by atoms with van der Waals surface area (Å²) in [5, 5.41) is 9.13. The van der Waals surface area contributed by atoms with E-state index in [1.165, 1.54) is 30.3 Å². The van der Waals surface area contributed by atoms with Gasteiger partial charge in [0.15, 0.2) is 5.60 Å². The Hall–Kier alpha value is -3.08. The number of rotatable bonds is 9. The molecule has 184 valence electrons. The van der Waals surface area contributed by atoms with Crippen LogP contribution in [-0.4, -0.2) is 29.8 Å². The van der Waals surface area contributed by atoms with E-state index in [0.717, 1.165) is 17.7 Å². The van der Waals surface area contributed by atoms with Gasteiger partial charge in [-0.1, -0.05) is 35.0 Å². The minimum Gasteiger partial charge on any atom is -0.362 e. The SMILES string of the molecule is CCOC(CN1CN=NN1)(c1ccc(F)cc1F)C(F)(F)c1ccc(Cc2ccc(Cl)cc2)cn1. The number of ether oxygens (including phenoxy) is 1. The smallest absolute Gasteiger partial charge is 0.323 e. The number of nitrogens with one attached hydrogen (secondary N) is 1. The van der Waals surface area contributed by atoms with Crippen molar-refractivity contribution in [2.45, 2.75) is 24.9 Å². The van der Waals surface area contributed by atoms with Crippen LogP contribution < -0.4 is 5.53 Å². The van der Waals surface area contributed by atoms with Crippen molar-refractivity contribution in [3.05, 3.63) is 99.8 Å². The van der Waals surface area contributed by atoms with Gasteiger partial charge >= 0.3 is 5.92 Å². The molecule has 3 aromatic rings. The molecule has 0 radical (unpaired) electrons. The number of alkyl halides is 2. The molecule has 4 rings (SSSR count). The molecule has 0 bridgehead atoms. The second kappa shape index (κ2) is 10.3. The van der Waals surface area contributed by atoms with Crippen molar-refractivity contribution in [3.63, 3.8) is 0 Å². The monoisotopic (exact) mass is 507 g/mol. The van der Waals surface area contributed by atoms with Gasteiger partial charge in [0.2, 0.25) is 0 Å². The lowest BCUT2D eigenvalue weighted by molar-refractivity contribution is -0.235. The first-order chi connectivity index (χ1) is 16.7. The van der Waals surface area contributed by atoms with E-state index < -0.39 is 41.0 Å². The van der Waals surface area contributed by atoms with Gasteiger partial charge in [-0.2, -0.15) is 18.9 Å². The molecule has 2 heterocycles. The number of benzene rings is 2. The maximum absolute atomic E-state index is 16.3. The Morgan fingerprint density at radius 3 is 2.40 bits per heavy atom. The minimum absolute atomic E-state index is 0.0544. The van der Waals surface area contributed by atoms with Crippen LogP contribution in [0.15, 0.2) is 71.1 Å². The highest BCUT2D eigenvalue weighted by Crippen LogP contribution is 2.49.